The van der Waals surface area contributed by atoms with Gasteiger partial charge < -0.3 is 9.80 Å². The summed E-state index contributed by atoms with van der Waals surface area (Å²) in [6.45, 7) is 7.46. The zero-order valence-corrected chi connectivity index (χ0v) is 16.5. The van der Waals surface area contributed by atoms with Crippen molar-refractivity contribution in [3.8, 4) is 5.82 Å². The summed E-state index contributed by atoms with van der Waals surface area (Å²) in [6.07, 6.45) is 1.89. The van der Waals surface area contributed by atoms with E-state index in [0.29, 0.717) is 0 Å². The van der Waals surface area contributed by atoms with Crippen LogP contribution in [0.4, 0.5) is 11.6 Å². The highest BCUT2D eigenvalue weighted by Crippen LogP contribution is 2.22. The van der Waals surface area contributed by atoms with Gasteiger partial charge in [0.25, 0.3) is 0 Å². The zero-order valence-electron chi connectivity index (χ0n) is 16.5. The number of benzene rings is 1. The lowest BCUT2D eigenvalue weighted by atomic mass is 10.2. The van der Waals surface area contributed by atoms with Gasteiger partial charge in [-0.25, -0.2) is 14.6 Å². The minimum absolute atomic E-state index is 0.725. The maximum Gasteiger partial charge on any atom is 0.175 e. The fourth-order valence-electron chi connectivity index (χ4n) is 3.68. The molecule has 1 saturated heterocycles. The summed E-state index contributed by atoms with van der Waals surface area (Å²) < 4.78 is 1.74. The molecule has 1 fully saturated rings. The molecule has 146 valence electrons. The first-order chi connectivity index (χ1) is 14.2. The third kappa shape index (κ3) is 3.37. The van der Waals surface area contributed by atoms with Crippen molar-refractivity contribution in [2.24, 2.45) is 0 Å². The van der Waals surface area contributed by atoms with E-state index in [9.17, 15) is 0 Å². The summed E-state index contributed by atoms with van der Waals surface area (Å²) >= 11 is 0. The molecule has 3 aromatic heterocycles. The third-order valence-corrected chi connectivity index (χ3v) is 5.22. The van der Waals surface area contributed by atoms with Gasteiger partial charge in [-0.1, -0.05) is 12.1 Å². The molecular weight excluding hydrogens is 364 g/mol. The Balaban J connectivity index is 1.30. The van der Waals surface area contributed by atoms with Crippen LogP contribution in [0.3, 0.4) is 0 Å². The van der Waals surface area contributed by atoms with Crippen molar-refractivity contribution < 1.29 is 0 Å². The number of hydrogen-bond donors (Lipinski definition) is 0. The van der Waals surface area contributed by atoms with E-state index in [1.54, 1.807) is 4.68 Å². The maximum atomic E-state index is 4.85. The van der Waals surface area contributed by atoms with E-state index in [0.717, 1.165) is 66.1 Å². The highest BCUT2D eigenvalue weighted by Gasteiger charge is 2.21. The Morgan fingerprint density at radius 2 is 1.38 bits per heavy atom. The summed E-state index contributed by atoms with van der Waals surface area (Å²) in [5.41, 5.74) is 3.80. The van der Waals surface area contributed by atoms with E-state index >= 15 is 0 Å². The fraction of sp³-hybridized carbons (Fsp3) is 0.286. The van der Waals surface area contributed by atoms with Crippen LogP contribution in [0.15, 0.2) is 48.7 Å². The standard InChI is InChI=1S/C21H22N8/c1-15-9-10-29(26-15)20-8-7-19(24-25-20)27-11-13-28(14-12-27)21-16(2)22-17-5-3-4-6-18(17)23-21/h3-10H,11-14H2,1-2H3. The Bertz CT molecular complexity index is 1140. The Morgan fingerprint density at radius 3 is 2.03 bits per heavy atom. The molecule has 4 heterocycles. The Kier molecular flexibility index (Phi) is 4.31. The first kappa shape index (κ1) is 17.5. The van der Waals surface area contributed by atoms with Crippen LogP contribution in [-0.4, -0.2) is 56.1 Å². The molecule has 0 N–H and O–H groups in total. The molecular formula is C21H22N8. The molecule has 0 radical (unpaired) electrons. The van der Waals surface area contributed by atoms with E-state index in [1.807, 2.05) is 62.5 Å². The molecule has 0 bridgehead atoms. The lowest BCUT2D eigenvalue weighted by Crippen LogP contribution is -2.47. The second-order valence-electron chi connectivity index (χ2n) is 7.25. The van der Waals surface area contributed by atoms with Crippen molar-refractivity contribution in [3.63, 3.8) is 0 Å². The normalized spacial score (nSPS) is 14.6. The van der Waals surface area contributed by atoms with Crippen LogP contribution in [-0.2, 0) is 0 Å². The van der Waals surface area contributed by atoms with Gasteiger partial charge in [0.05, 0.1) is 22.4 Å². The molecule has 4 aromatic rings. The van der Waals surface area contributed by atoms with Crippen LogP contribution in [0, 0.1) is 13.8 Å². The Hall–Kier alpha value is -3.55. The van der Waals surface area contributed by atoms with Gasteiger partial charge in [0.1, 0.15) is 0 Å². The molecule has 0 amide bonds. The lowest BCUT2D eigenvalue weighted by Gasteiger charge is -2.36. The van der Waals surface area contributed by atoms with Gasteiger partial charge in [0, 0.05) is 32.4 Å². The molecule has 8 nitrogen and oxygen atoms in total. The number of aromatic nitrogens is 6. The number of aryl methyl sites for hydroxylation is 2. The van der Waals surface area contributed by atoms with Crippen LogP contribution < -0.4 is 9.80 Å². The van der Waals surface area contributed by atoms with Gasteiger partial charge in [-0.2, -0.15) is 5.10 Å². The number of fused-ring (bicyclic) bond motifs is 1. The fourth-order valence-corrected chi connectivity index (χ4v) is 3.68. The third-order valence-electron chi connectivity index (χ3n) is 5.22. The molecule has 0 spiro atoms. The number of anilines is 2. The van der Waals surface area contributed by atoms with Crippen molar-refractivity contribution in [2.75, 3.05) is 36.0 Å². The van der Waals surface area contributed by atoms with Crippen LogP contribution in [0.1, 0.15) is 11.4 Å². The predicted octanol–water partition coefficient (Wildman–Crippen LogP) is 2.55. The molecule has 5 rings (SSSR count). The molecule has 1 aliphatic heterocycles. The summed E-state index contributed by atoms with van der Waals surface area (Å²) in [7, 11) is 0. The summed E-state index contributed by atoms with van der Waals surface area (Å²) in [5, 5.41) is 13.1. The molecule has 0 atom stereocenters. The summed E-state index contributed by atoms with van der Waals surface area (Å²) in [6, 6.07) is 13.9. The molecule has 0 aliphatic carbocycles. The highest BCUT2D eigenvalue weighted by atomic mass is 15.4. The second-order valence-corrected chi connectivity index (χ2v) is 7.25. The number of rotatable bonds is 3. The number of nitrogens with zero attached hydrogens (tertiary/aromatic N) is 8. The maximum absolute atomic E-state index is 4.85. The highest BCUT2D eigenvalue weighted by molar-refractivity contribution is 5.76. The van der Waals surface area contributed by atoms with E-state index in [1.165, 1.54) is 0 Å². The van der Waals surface area contributed by atoms with Gasteiger partial charge in [-0.3, -0.25) is 0 Å². The van der Waals surface area contributed by atoms with Crippen molar-refractivity contribution >= 4 is 22.7 Å². The predicted molar refractivity (Wildman–Crippen MR) is 113 cm³/mol. The minimum Gasteiger partial charge on any atom is -0.352 e. The van der Waals surface area contributed by atoms with Crippen molar-refractivity contribution in [1.29, 1.82) is 0 Å². The second kappa shape index (κ2) is 7.12. The van der Waals surface area contributed by atoms with Crippen molar-refractivity contribution in [3.05, 3.63) is 60.0 Å². The van der Waals surface area contributed by atoms with Gasteiger partial charge in [-0.05, 0) is 44.2 Å². The van der Waals surface area contributed by atoms with Crippen LogP contribution in [0.25, 0.3) is 16.9 Å². The van der Waals surface area contributed by atoms with Gasteiger partial charge >= 0.3 is 0 Å². The van der Waals surface area contributed by atoms with Crippen molar-refractivity contribution in [2.45, 2.75) is 13.8 Å². The van der Waals surface area contributed by atoms with Gasteiger partial charge in [0.2, 0.25) is 0 Å². The van der Waals surface area contributed by atoms with Gasteiger partial charge in [-0.15, -0.1) is 10.2 Å². The quantitative estimate of drug-likeness (QED) is 0.535. The number of piperazine rings is 1. The van der Waals surface area contributed by atoms with E-state index in [-0.39, 0.29) is 0 Å². The topological polar surface area (TPSA) is 75.9 Å². The lowest BCUT2D eigenvalue weighted by molar-refractivity contribution is 0.635. The van der Waals surface area contributed by atoms with Crippen LogP contribution >= 0.6 is 0 Å². The first-order valence-corrected chi connectivity index (χ1v) is 9.77. The molecule has 29 heavy (non-hydrogen) atoms. The number of hydrogen-bond acceptors (Lipinski definition) is 7. The molecule has 0 saturated carbocycles. The smallest absolute Gasteiger partial charge is 0.175 e. The largest absolute Gasteiger partial charge is 0.352 e. The van der Waals surface area contributed by atoms with Crippen LogP contribution in [0.5, 0.6) is 0 Å². The molecule has 1 aromatic carbocycles. The number of para-hydroxylation sites is 2. The van der Waals surface area contributed by atoms with Gasteiger partial charge in [0.15, 0.2) is 17.5 Å². The average Bonchev–Trinajstić information content (AvgIpc) is 3.20. The van der Waals surface area contributed by atoms with E-state index < -0.39 is 0 Å². The first-order valence-electron chi connectivity index (χ1n) is 9.77. The molecule has 1 aliphatic rings. The summed E-state index contributed by atoms with van der Waals surface area (Å²) in [4.78, 5) is 14.1. The van der Waals surface area contributed by atoms with Crippen LogP contribution in [0.2, 0.25) is 0 Å². The van der Waals surface area contributed by atoms with E-state index in [2.05, 4.69) is 25.1 Å². The summed E-state index contributed by atoms with van der Waals surface area (Å²) in [5.74, 6) is 2.58. The Labute approximate surface area is 168 Å². The minimum atomic E-state index is 0.725. The average molecular weight is 386 g/mol. The van der Waals surface area contributed by atoms with Crippen molar-refractivity contribution in [1.82, 2.24) is 29.9 Å². The monoisotopic (exact) mass is 386 g/mol. The SMILES string of the molecule is Cc1ccn(-c2ccc(N3CCN(c4nc5ccccc5nc4C)CC3)nn2)n1. The van der Waals surface area contributed by atoms with E-state index in [4.69, 9.17) is 9.97 Å². The Morgan fingerprint density at radius 1 is 0.724 bits per heavy atom. The zero-order chi connectivity index (χ0) is 19.8. The molecule has 8 heteroatoms. The molecule has 0 unspecified atom stereocenters.